The number of fused-ring (bicyclic) bond motifs is 2. The van der Waals surface area contributed by atoms with Crippen molar-refractivity contribution in [3.05, 3.63) is 65.2 Å². The van der Waals surface area contributed by atoms with E-state index in [1.807, 2.05) is 0 Å². The summed E-state index contributed by atoms with van der Waals surface area (Å²) in [5.41, 5.74) is 2.50. The normalized spacial score (nSPS) is 23.8. The number of aromatic nitrogens is 3. The van der Waals surface area contributed by atoms with Crippen molar-refractivity contribution in [1.82, 2.24) is 15.0 Å². The molecule has 2 saturated heterocycles. The summed E-state index contributed by atoms with van der Waals surface area (Å²) in [6, 6.07) is 14.0. The SMILES string of the molecule is O[C@@H]1CO[C@H]2[C@@H]1OC[C@H]2Oc1nc2nc(-c3ccc(-c4cccc(C(F)(F)F)c4)cc3)c(Cl)cc2[nH]1. The average molecular weight is 518 g/mol. The monoisotopic (exact) mass is 517 g/mol. The van der Waals surface area contributed by atoms with Gasteiger partial charge in [0.05, 0.1) is 35.0 Å². The lowest BCUT2D eigenvalue weighted by Gasteiger charge is -2.15. The highest BCUT2D eigenvalue weighted by Gasteiger charge is 2.48. The first-order chi connectivity index (χ1) is 17.3. The molecule has 4 heterocycles. The lowest BCUT2D eigenvalue weighted by atomic mass is 10.0. The van der Waals surface area contributed by atoms with E-state index in [0.717, 1.165) is 12.1 Å². The van der Waals surface area contributed by atoms with Crippen LogP contribution in [0.5, 0.6) is 6.01 Å². The van der Waals surface area contributed by atoms with Gasteiger partial charge in [-0.15, -0.1) is 0 Å². The van der Waals surface area contributed by atoms with Crippen molar-refractivity contribution in [3.63, 3.8) is 0 Å². The Kier molecular flexibility index (Phi) is 5.64. The minimum absolute atomic E-state index is 0.197. The number of imidazole rings is 1. The molecular weight excluding hydrogens is 499 g/mol. The Morgan fingerprint density at radius 1 is 0.944 bits per heavy atom. The van der Waals surface area contributed by atoms with Crippen LogP contribution in [0.4, 0.5) is 13.2 Å². The van der Waals surface area contributed by atoms with Gasteiger partial charge in [-0.05, 0) is 29.3 Å². The van der Waals surface area contributed by atoms with Gasteiger partial charge >= 0.3 is 6.18 Å². The van der Waals surface area contributed by atoms with Gasteiger partial charge in [0.15, 0.2) is 11.8 Å². The van der Waals surface area contributed by atoms with Crippen molar-refractivity contribution in [1.29, 1.82) is 0 Å². The summed E-state index contributed by atoms with van der Waals surface area (Å²) in [6.45, 7) is 0.462. The molecule has 2 aromatic carbocycles. The number of halogens is 4. The molecule has 4 atom stereocenters. The third-order valence-corrected chi connectivity index (χ3v) is 6.62. The number of alkyl halides is 3. The number of nitrogens with one attached hydrogen (secondary N) is 1. The van der Waals surface area contributed by atoms with Crippen molar-refractivity contribution in [3.8, 4) is 28.4 Å². The first-order valence-corrected chi connectivity index (χ1v) is 11.6. The van der Waals surface area contributed by atoms with E-state index < -0.39 is 30.1 Å². The summed E-state index contributed by atoms with van der Waals surface area (Å²) in [7, 11) is 0. The van der Waals surface area contributed by atoms with Crippen LogP contribution in [0.2, 0.25) is 5.02 Å². The van der Waals surface area contributed by atoms with Gasteiger partial charge in [0.2, 0.25) is 0 Å². The maximum atomic E-state index is 13.1. The standard InChI is InChI=1S/C25H19ClF3N3O4/c26-16-9-17-23(32-24(30-17)36-19-11-35-21-18(33)10-34-22(19)21)31-20(16)13-6-4-12(5-7-13)14-2-1-3-15(8-14)25(27,28)29/h1-9,18-19,21-22,33H,10-11H2,(H,30,31,32)/t18-,19-,21-,22-/m1/s1. The number of nitrogens with zero attached hydrogens (tertiary/aromatic N) is 2. The summed E-state index contributed by atoms with van der Waals surface area (Å²) in [5.74, 6) is 0. The van der Waals surface area contributed by atoms with Crippen molar-refractivity contribution < 1.29 is 32.5 Å². The molecule has 2 aliphatic heterocycles. The summed E-state index contributed by atoms with van der Waals surface area (Å²) < 4.78 is 56.3. The van der Waals surface area contributed by atoms with Gasteiger partial charge in [-0.2, -0.15) is 18.2 Å². The van der Waals surface area contributed by atoms with E-state index in [1.165, 1.54) is 6.07 Å². The molecule has 0 amide bonds. The molecule has 2 aromatic heterocycles. The highest BCUT2D eigenvalue weighted by molar-refractivity contribution is 6.33. The van der Waals surface area contributed by atoms with Crippen LogP contribution < -0.4 is 4.74 Å². The smallest absolute Gasteiger partial charge is 0.416 e. The van der Waals surface area contributed by atoms with Crippen molar-refractivity contribution in [2.75, 3.05) is 13.2 Å². The highest BCUT2D eigenvalue weighted by Crippen LogP contribution is 2.35. The molecule has 36 heavy (non-hydrogen) atoms. The van der Waals surface area contributed by atoms with Crippen molar-refractivity contribution in [2.45, 2.75) is 30.6 Å². The summed E-state index contributed by atoms with van der Waals surface area (Å²) >= 11 is 6.49. The van der Waals surface area contributed by atoms with E-state index in [0.29, 0.717) is 38.6 Å². The van der Waals surface area contributed by atoms with Gasteiger partial charge in [0.25, 0.3) is 6.01 Å². The second-order valence-electron chi connectivity index (χ2n) is 8.71. The predicted octanol–water partition coefficient (Wildman–Crippen LogP) is 4.87. The van der Waals surface area contributed by atoms with Crippen LogP contribution >= 0.6 is 11.6 Å². The molecule has 0 aliphatic carbocycles. The quantitative estimate of drug-likeness (QED) is 0.401. The van der Waals surface area contributed by atoms with Crippen LogP contribution in [0.15, 0.2) is 54.6 Å². The molecule has 4 aromatic rings. The van der Waals surface area contributed by atoms with E-state index in [9.17, 15) is 18.3 Å². The fraction of sp³-hybridized carbons (Fsp3) is 0.280. The molecule has 7 nitrogen and oxygen atoms in total. The summed E-state index contributed by atoms with van der Waals surface area (Å²) in [6.07, 6.45) is -6.31. The van der Waals surface area contributed by atoms with E-state index in [-0.39, 0.29) is 25.3 Å². The Morgan fingerprint density at radius 3 is 2.47 bits per heavy atom. The number of hydrogen-bond donors (Lipinski definition) is 2. The average Bonchev–Trinajstić information content (AvgIpc) is 3.55. The van der Waals surface area contributed by atoms with E-state index in [1.54, 1.807) is 36.4 Å². The molecule has 2 aliphatic rings. The van der Waals surface area contributed by atoms with Crippen LogP contribution in [0.1, 0.15) is 5.56 Å². The van der Waals surface area contributed by atoms with Crippen LogP contribution in [0.3, 0.4) is 0 Å². The summed E-state index contributed by atoms with van der Waals surface area (Å²) in [5, 5.41) is 10.3. The molecule has 2 fully saturated rings. The zero-order valence-electron chi connectivity index (χ0n) is 18.5. The molecule has 0 spiro atoms. The fourth-order valence-corrected chi connectivity index (χ4v) is 4.80. The molecule has 0 unspecified atom stereocenters. The number of aliphatic hydroxyl groups excluding tert-OH is 1. The Hall–Kier alpha value is -3.18. The molecule has 6 rings (SSSR count). The van der Waals surface area contributed by atoms with Crippen molar-refractivity contribution >= 4 is 22.8 Å². The van der Waals surface area contributed by atoms with Gasteiger partial charge in [0.1, 0.15) is 18.3 Å². The van der Waals surface area contributed by atoms with E-state index in [4.69, 9.17) is 25.8 Å². The second kappa shape index (κ2) is 8.74. The third-order valence-electron chi connectivity index (χ3n) is 6.33. The van der Waals surface area contributed by atoms with Crippen LogP contribution in [-0.2, 0) is 15.7 Å². The van der Waals surface area contributed by atoms with Gasteiger partial charge in [-0.1, -0.05) is 48.0 Å². The molecule has 0 bridgehead atoms. The number of aliphatic hydroxyl groups is 1. The topological polar surface area (TPSA) is 89.5 Å². The largest absolute Gasteiger partial charge is 0.456 e. The first kappa shape index (κ1) is 23.2. The van der Waals surface area contributed by atoms with Crippen molar-refractivity contribution in [2.24, 2.45) is 0 Å². The van der Waals surface area contributed by atoms with Gasteiger partial charge < -0.3 is 24.3 Å². The third kappa shape index (κ3) is 4.20. The van der Waals surface area contributed by atoms with Gasteiger partial charge in [0, 0.05) is 5.56 Å². The number of benzene rings is 2. The maximum absolute atomic E-state index is 13.1. The molecule has 186 valence electrons. The minimum atomic E-state index is -4.41. The Bertz CT molecular complexity index is 1430. The number of rotatable bonds is 4. The number of H-pyrrole nitrogens is 1. The fourth-order valence-electron chi connectivity index (χ4n) is 4.54. The van der Waals surface area contributed by atoms with Gasteiger partial charge in [-0.3, -0.25) is 0 Å². The van der Waals surface area contributed by atoms with Crippen LogP contribution in [-0.4, -0.2) is 57.7 Å². The lowest BCUT2D eigenvalue weighted by molar-refractivity contribution is -0.137. The molecule has 0 saturated carbocycles. The van der Waals surface area contributed by atoms with Crippen LogP contribution in [0.25, 0.3) is 33.5 Å². The number of ether oxygens (including phenoxy) is 3. The first-order valence-electron chi connectivity index (χ1n) is 11.2. The number of pyridine rings is 1. The minimum Gasteiger partial charge on any atom is -0.456 e. The number of aromatic amines is 1. The van der Waals surface area contributed by atoms with Gasteiger partial charge in [-0.25, -0.2) is 4.98 Å². The maximum Gasteiger partial charge on any atom is 0.416 e. The Labute approximate surface area is 207 Å². The Morgan fingerprint density at radius 2 is 1.69 bits per heavy atom. The Balaban J connectivity index is 1.25. The molecular formula is C25H19ClF3N3O4. The zero-order valence-corrected chi connectivity index (χ0v) is 19.3. The summed E-state index contributed by atoms with van der Waals surface area (Å²) in [4.78, 5) is 12.0. The van der Waals surface area contributed by atoms with E-state index in [2.05, 4.69) is 15.0 Å². The molecule has 0 radical (unpaired) electrons. The predicted molar refractivity (Wildman–Crippen MR) is 125 cm³/mol. The second-order valence-corrected chi connectivity index (χ2v) is 9.11. The molecule has 11 heteroatoms. The van der Waals surface area contributed by atoms with E-state index >= 15 is 0 Å². The molecule has 2 N–H and O–H groups in total. The van der Waals surface area contributed by atoms with Crippen LogP contribution in [0, 0.1) is 0 Å². The lowest BCUT2D eigenvalue weighted by Crippen LogP contribution is -2.34. The number of hydrogen-bond acceptors (Lipinski definition) is 6. The highest BCUT2D eigenvalue weighted by atomic mass is 35.5. The zero-order chi connectivity index (χ0) is 25.0.